The largest absolute Gasteiger partial charge is 0.480 e. The highest BCUT2D eigenvalue weighted by atomic mass is 16.5. The van der Waals surface area contributed by atoms with Gasteiger partial charge in [-0.3, -0.25) is 0 Å². The van der Waals surface area contributed by atoms with E-state index in [2.05, 4.69) is 5.32 Å². The molecule has 3 unspecified atom stereocenters. The Kier molecular flexibility index (Phi) is 3.76. The molecule has 4 rings (SSSR count). The van der Waals surface area contributed by atoms with Gasteiger partial charge in [-0.15, -0.1) is 0 Å². The van der Waals surface area contributed by atoms with Crippen molar-refractivity contribution in [3.63, 3.8) is 0 Å². The van der Waals surface area contributed by atoms with E-state index in [1.807, 2.05) is 18.2 Å². The van der Waals surface area contributed by atoms with Gasteiger partial charge in [0, 0.05) is 17.5 Å². The first kappa shape index (κ1) is 15.4. The lowest BCUT2D eigenvalue weighted by atomic mass is 9.79. The van der Waals surface area contributed by atoms with E-state index in [4.69, 9.17) is 4.74 Å². The molecule has 5 heteroatoms. The molecule has 3 atom stereocenters. The number of carbonyl (C=O) groups is 2. The van der Waals surface area contributed by atoms with E-state index in [9.17, 15) is 14.7 Å². The Labute approximate surface area is 144 Å². The van der Waals surface area contributed by atoms with E-state index in [0.717, 1.165) is 11.3 Å². The summed E-state index contributed by atoms with van der Waals surface area (Å²) in [7, 11) is 0. The maximum absolute atomic E-state index is 12.4. The number of carboxylic acid groups (broad SMARTS) is 1. The summed E-state index contributed by atoms with van der Waals surface area (Å²) in [5.74, 6) is -0.815. The average molecular weight is 335 g/mol. The molecule has 0 fully saturated rings. The van der Waals surface area contributed by atoms with Gasteiger partial charge in [0.2, 0.25) is 0 Å². The Morgan fingerprint density at radius 2 is 1.92 bits per heavy atom. The number of carbonyl (C=O) groups excluding carboxylic acids is 1. The number of carboxylic acids is 1. The number of rotatable bonds is 3. The second-order valence-corrected chi connectivity index (χ2v) is 6.32. The molecular formula is C20H17NO4. The monoisotopic (exact) mass is 335 g/mol. The quantitative estimate of drug-likeness (QED) is 0.510. The third-order valence-corrected chi connectivity index (χ3v) is 4.82. The van der Waals surface area contributed by atoms with Gasteiger partial charge in [0.1, 0.15) is 11.8 Å². The second kappa shape index (κ2) is 6.09. The van der Waals surface area contributed by atoms with E-state index < -0.39 is 18.0 Å². The molecule has 5 nitrogen and oxygen atoms in total. The maximum atomic E-state index is 12.4. The summed E-state index contributed by atoms with van der Waals surface area (Å²) in [4.78, 5) is 23.9. The molecule has 2 aliphatic rings. The van der Waals surface area contributed by atoms with Crippen molar-refractivity contribution in [2.24, 2.45) is 5.92 Å². The van der Waals surface area contributed by atoms with Crippen LogP contribution in [0.5, 0.6) is 5.75 Å². The van der Waals surface area contributed by atoms with Crippen molar-refractivity contribution < 1.29 is 19.4 Å². The number of ether oxygens (including phenoxy) is 1. The van der Waals surface area contributed by atoms with Gasteiger partial charge >= 0.3 is 11.9 Å². The number of allylic oxidation sites excluding steroid dienone is 2. The van der Waals surface area contributed by atoms with Gasteiger partial charge < -0.3 is 15.2 Å². The molecule has 1 aliphatic carbocycles. The molecule has 2 aromatic carbocycles. The first-order valence-corrected chi connectivity index (χ1v) is 8.20. The number of hydrogen-bond donors (Lipinski definition) is 2. The van der Waals surface area contributed by atoms with E-state index >= 15 is 0 Å². The zero-order chi connectivity index (χ0) is 17.4. The maximum Gasteiger partial charge on any atom is 0.343 e. The Hall–Kier alpha value is -3.08. The van der Waals surface area contributed by atoms with Crippen LogP contribution in [-0.4, -0.2) is 23.1 Å². The first-order chi connectivity index (χ1) is 12.1. The topological polar surface area (TPSA) is 75.6 Å². The van der Waals surface area contributed by atoms with Crippen LogP contribution in [0.2, 0.25) is 0 Å². The highest BCUT2D eigenvalue weighted by molar-refractivity contribution is 5.92. The molecule has 0 amide bonds. The zero-order valence-electron chi connectivity index (χ0n) is 13.4. The van der Waals surface area contributed by atoms with Gasteiger partial charge in [-0.1, -0.05) is 30.4 Å². The second-order valence-electron chi connectivity index (χ2n) is 6.32. The molecule has 0 radical (unpaired) electrons. The van der Waals surface area contributed by atoms with Crippen molar-refractivity contribution in [2.45, 2.75) is 18.4 Å². The molecule has 25 heavy (non-hydrogen) atoms. The lowest BCUT2D eigenvalue weighted by Gasteiger charge is -2.34. The smallest absolute Gasteiger partial charge is 0.343 e. The molecule has 2 aromatic rings. The normalized spacial score (nSPS) is 23.3. The predicted octanol–water partition coefficient (Wildman–Crippen LogP) is 3.44. The molecule has 0 saturated heterocycles. The van der Waals surface area contributed by atoms with Crippen molar-refractivity contribution in [3.8, 4) is 5.75 Å². The Balaban J connectivity index is 1.64. The summed E-state index contributed by atoms with van der Waals surface area (Å²) in [6.07, 6.45) is 4.76. The predicted molar refractivity (Wildman–Crippen MR) is 92.9 cm³/mol. The SMILES string of the molecule is O=C(Oc1ccccc1)c1ccc2c(c1)C1C=CCC1C(C(=O)O)N2. The third-order valence-electron chi connectivity index (χ3n) is 4.82. The molecular weight excluding hydrogens is 318 g/mol. The van der Waals surface area contributed by atoms with E-state index in [1.165, 1.54) is 0 Å². The van der Waals surface area contributed by atoms with Gasteiger partial charge in [-0.25, -0.2) is 9.59 Å². The highest BCUT2D eigenvalue weighted by Crippen LogP contribution is 2.44. The minimum Gasteiger partial charge on any atom is -0.480 e. The van der Waals surface area contributed by atoms with Crippen LogP contribution in [-0.2, 0) is 4.79 Å². The van der Waals surface area contributed by atoms with Crippen LogP contribution in [0.1, 0.15) is 28.3 Å². The van der Waals surface area contributed by atoms with Crippen LogP contribution in [0.25, 0.3) is 0 Å². The summed E-state index contributed by atoms with van der Waals surface area (Å²) in [5.41, 5.74) is 2.16. The number of esters is 1. The highest BCUT2D eigenvalue weighted by Gasteiger charge is 2.40. The van der Waals surface area contributed by atoms with Crippen LogP contribution in [0.4, 0.5) is 5.69 Å². The number of hydrogen-bond acceptors (Lipinski definition) is 4. The average Bonchev–Trinajstić information content (AvgIpc) is 3.11. The van der Waals surface area contributed by atoms with E-state index in [1.54, 1.807) is 42.5 Å². The molecule has 126 valence electrons. The van der Waals surface area contributed by atoms with Crippen LogP contribution < -0.4 is 10.1 Å². The molecule has 2 N–H and O–H groups in total. The van der Waals surface area contributed by atoms with Crippen molar-refractivity contribution >= 4 is 17.6 Å². The Bertz CT molecular complexity index is 859. The van der Waals surface area contributed by atoms with Crippen molar-refractivity contribution in [1.29, 1.82) is 0 Å². The standard InChI is InChI=1S/C20H17NO4/c22-19(23)18-15-8-4-7-14(15)16-11-12(9-10-17(16)21-18)20(24)25-13-5-2-1-3-6-13/h1-7,9-11,14-15,18,21H,8H2,(H,22,23). The molecule has 0 saturated carbocycles. The Morgan fingerprint density at radius 1 is 1.12 bits per heavy atom. The molecule has 0 spiro atoms. The van der Waals surface area contributed by atoms with Crippen LogP contribution in [0.3, 0.4) is 0 Å². The first-order valence-electron chi connectivity index (χ1n) is 8.20. The lowest BCUT2D eigenvalue weighted by Crippen LogP contribution is -2.41. The summed E-state index contributed by atoms with van der Waals surface area (Å²) < 4.78 is 5.39. The van der Waals surface area contributed by atoms with Gasteiger partial charge in [0.15, 0.2) is 0 Å². The number of anilines is 1. The number of fused-ring (bicyclic) bond motifs is 3. The minimum absolute atomic E-state index is 0.00169. The number of nitrogens with one attached hydrogen (secondary N) is 1. The summed E-state index contributed by atoms with van der Waals surface area (Å²) in [5, 5.41) is 12.5. The zero-order valence-corrected chi connectivity index (χ0v) is 13.4. The van der Waals surface area contributed by atoms with Crippen molar-refractivity contribution in [1.82, 2.24) is 0 Å². The molecule has 1 aliphatic heterocycles. The van der Waals surface area contributed by atoms with Crippen LogP contribution >= 0.6 is 0 Å². The van der Waals surface area contributed by atoms with E-state index in [0.29, 0.717) is 17.7 Å². The number of para-hydroxylation sites is 1. The van der Waals surface area contributed by atoms with Crippen LogP contribution in [0, 0.1) is 5.92 Å². The van der Waals surface area contributed by atoms with Gasteiger partial charge in [0.25, 0.3) is 0 Å². The number of aliphatic carboxylic acids is 1. The Morgan fingerprint density at radius 3 is 2.68 bits per heavy atom. The number of benzene rings is 2. The fraction of sp³-hybridized carbons (Fsp3) is 0.200. The van der Waals surface area contributed by atoms with Gasteiger partial charge in [-0.2, -0.15) is 0 Å². The third kappa shape index (κ3) is 2.78. The lowest BCUT2D eigenvalue weighted by molar-refractivity contribution is -0.139. The van der Waals surface area contributed by atoms with Gasteiger partial charge in [-0.05, 0) is 42.3 Å². The van der Waals surface area contributed by atoms with Crippen LogP contribution in [0.15, 0.2) is 60.7 Å². The molecule has 0 aromatic heterocycles. The minimum atomic E-state index is -0.850. The van der Waals surface area contributed by atoms with Crippen molar-refractivity contribution in [3.05, 3.63) is 71.8 Å². The van der Waals surface area contributed by atoms with E-state index in [-0.39, 0.29) is 11.8 Å². The van der Waals surface area contributed by atoms with Crippen molar-refractivity contribution in [2.75, 3.05) is 5.32 Å². The summed E-state index contributed by atoms with van der Waals surface area (Å²) in [6, 6.07) is 13.5. The fourth-order valence-electron chi connectivity index (χ4n) is 3.62. The fourth-order valence-corrected chi connectivity index (χ4v) is 3.62. The van der Waals surface area contributed by atoms with Gasteiger partial charge in [0.05, 0.1) is 5.56 Å². The summed E-state index contributed by atoms with van der Waals surface area (Å²) in [6.45, 7) is 0. The molecule has 1 heterocycles. The summed E-state index contributed by atoms with van der Waals surface area (Å²) >= 11 is 0. The molecule has 0 bridgehead atoms.